The smallest absolute Gasteiger partial charge is 0.251 e. The van der Waals surface area contributed by atoms with Crippen LogP contribution in [0.2, 0.25) is 0 Å². The lowest BCUT2D eigenvalue weighted by Crippen LogP contribution is -2.19. The van der Waals surface area contributed by atoms with Gasteiger partial charge in [0.25, 0.3) is 5.92 Å². The number of aliphatic hydroxyl groups excluding tert-OH is 1. The quantitative estimate of drug-likeness (QED) is 0.684. The van der Waals surface area contributed by atoms with E-state index in [0.717, 1.165) is 0 Å². The van der Waals surface area contributed by atoms with Crippen LogP contribution in [-0.4, -0.2) is 30.3 Å². The average Bonchev–Trinajstić information content (AvgIpc) is 2.39. The van der Waals surface area contributed by atoms with Gasteiger partial charge in [-0.05, 0) is 6.42 Å². The fourth-order valence-electron chi connectivity index (χ4n) is 1.70. The third kappa shape index (κ3) is 1.45. The molecule has 1 saturated heterocycles. The molecule has 1 aliphatic heterocycles. The summed E-state index contributed by atoms with van der Waals surface area (Å²) in [7, 11) is 0. The summed E-state index contributed by atoms with van der Waals surface area (Å²) in [6.45, 7) is 0.747. The van der Waals surface area contributed by atoms with E-state index in [1.165, 1.54) is 0 Å². The van der Waals surface area contributed by atoms with E-state index >= 15 is 0 Å². The number of alkyl halides is 2. The summed E-state index contributed by atoms with van der Waals surface area (Å²) < 4.78 is 29.9. The highest BCUT2D eigenvalue weighted by Gasteiger charge is 2.57. The van der Waals surface area contributed by atoms with Crippen molar-refractivity contribution in [2.45, 2.75) is 24.9 Å². The van der Waals surface area contributed by atoms with Crippen molar-refractivity contribution in [3.8, 4) is 0 Å². The lowest BCUT2D eigenvalue weighted by Gasteiger charge is -2.10. The molecule has 3 atom stereocenters. The predicted molar refractivity (Wildman–Crippen MR) is 38.0 cm³/mol. The maximum atomic E-state index is 12.5. The number of aliphatic hydroxyl groups is 1. The zero-order chi connectivity index (χ0) is 8.77. The Labute approximate surface area is 69.5 Å². The van der Waals surface area contributed by atoms with Gasteiger partial charge >= 0.3 is 0 Å². The molecule has 0 amide bonds. The minimum absolute atomic E-state index is 0.00375. The highest BCUT2D eigenvalue weighted by molar-refractivity contribution is 4.97. The molecule has 12 heavy (non-hydrogen) atoms. The second-order valence-corrected chi connectivity index (χ2v) is 3.76. The van der Waals surface area contributed by atoms with Gasteiger partial charge in [-0.3, -0.25) is 0 Å². The average molecular weight is 178 g/mol. The zero-order valence-electron chi connectivity index (χ0n) is 6.67. The molecule has 0 bridgehead atoms. The molecule has 1 N–H and O–H groups in total. The minimum atomic E-state index is -2.46. The molecule has 2 aliphatic rings. The van der Waals surface area contributed by atoms with Crippen LogP contribution in [-0.2, 0) is 4.74 Å². The molecule has 0 aromatic rings. The van der Waals surface area contributed by atoms with Crippen LogP contribution in [0.15, 0.2) is 0 Å². The highest BCUT2D eigenvalue weighted by atomic mass is 19.3. The summed E-state index contributed by atoms with van der Waals surface area (Å²) in [5.74, 6) is -3.02. The molecule has 2 rings (SSSR count). The zero-order valence-corrected chi connectivity index (χ0v) is 6.67. The SMILES string of the molecule is OC1COCC1CC1CC1(F)F. The molecule has 0 aromatic heterocycles. The number of ether oxygens (including phenoxy) is 1. The summed E-state index contributed by atoms with van der Waals surface area (Å²) >= 11 is 0. The first kappa shape index (κ1) is 8.38. The Balaban J connectivity index is 1.80. The number of hydrogen-bond acceptors (Lipinski definition) is 2. The Morgan fingerprint density at radius 3 is 2.50 bits per heavy atom. The van der Waals surface area contributed by atoms with Gasteiger partial charge in [-0.2, -0.15) is 0 Å². The number of halogens is 2. The Morgan fingerprint density at radius 2 is 2.08 bits per heavy atom. The van der Waals surface area contributed by atoms with Crippen LogP contribution in [0.5, 0.6) is 0 Å². The van der Waals surface area contributed by atoms with E-state index in [-0.39, 0.29) is 12.3 Å². The third-order valence-electron chi connectivity index (χ3n) is 2.71. The van der Waals surface area contributed by atoms with Crippen molar-refractivity contribution in [3.05, 3.63) is 0 Å². The largest absolute Gasteiger partial charge is 0.390 e. The monoisotopic (exact) mass is 178 g/mol. The summed E-state index contributed by atoms with van der Waals surface area (Å²) in [5, 5.41) is 9.27. The molecule has 3 unspecified atom stereocenters. The molecular weight excluding hydrogens is 166 g/mol. The maximum absolute atomic E-state index is 12.5. The van der Waals surface area contributed by atoms with E-state index in [4.69, 9.17) is 4.74 Å². The van der Waals surface area contributed by atoms with Crippen molar-refractivity contribution in [3.63, 3.8) is 0 Å². The van der Waals surface area contributed by atoms with Gasteiger partial charge in [0.15, 0.2) is 0 Å². The minimum Gasteiger partial charge on any atom is -0.390 e. The van der Waals surface area contributed by atoms with Crippen molar-refractivity contribution in [2.75, 3.05) is 13.2 Å². The van der Waals surface area contributed by atoms with Crippen LogP contribution in [0.1, 0.15) is 12.8 Å². The second kappa shape index (κ2) is 2.64. The van der Waals surface area contributed by atoms with Crippen molar-refractivity contribution < 1.29 is 18.6 Å². The number of hydrogen-bond donors (Lipinski definition) is 1. The first-order valence-electron chi connectivity index (χ1n) is 4.23. The highest BCUT2D eigenvalue weighted by Crippen LogP contribution is 2.52. The Bertz CT molecular complexity index is 184. The van der Waals surface area contributed by atoms with E-state index in [2.05, 4.69) is 0 Å². The third-order valence-corrected chi connectivity index (χ3v) is 2.71. The van der Waals surface area contributed by atoms with Gasteiger partial charge in [0.2, 0.25) is 0 Å². The van der Waals surface area contributed by atoms with Crippen molar-refractivity contribution in [1.29, 1.82) is 0 Å². The molecule has 0 aromatic carbocycles. The first-order valence-corrected chi connectivity index (χ1v) is 4.23. The van der Waals surface area contributed by atoms with E-state index in [1.807, 2.05) is 0 Å². The van der Waals surface area contributed by atoms with E-state index < -0.39 is 17.9 Å². The fourth-order valence-corrected chi connectivity index (χ4v) is 1.70. The summed E-state index contributed by atoms with van der Waals surface area (Å²) in [5.41, 5.74) is 0. The number of rotatable bonds is 2. The van der Waals surface area contributed by atoms with Gasteiger partial charge < -0.3 is 9.84 Å². The lowest BCUT2D eigenvalue weighted by molar-refractivity contribution is 0.0815. The van der Waals surface area contributed by atoms with Crippen LogP contribution >= 0.6 is 0 Å². The molecular formula is C8H12F2O2. The van der Waals surface area contributed by atoms with Gasteiger partial charge in [0.1, 0.15) is 0 Å². The second-order valence-electron chi connectivity index (χ2n) is 3.76. The molecule has 0 radical (unpaired) electrons. The standard InChI is InChI=1S/C8H12F2O2/c9-8(10)2-6(8)1-5-3-12-4-7(5)11/h5-7,11H,1-4H2. The molecule has 1 heterocycles. The van der Waals surface area contributed by atoms with Crippen LogP contribution < -0.4 is 0 Å². The maximum Gasteiger partial charge on any atom is 0.251 e. The first-order chi connectivity index (χ1) is 5.59. The fraction of sp³-hybridized carbons (Fsp3) is 1.00. The van der Waals surface area contributed by atoms with Crippen LogP contribution in [0.4, 0.5) is 8.78 Å². The Morgan fingerprint density at radius 1 is 1.42 bits per heavy atom. The molecule has 1 saturated carbocycles. The normalized spacial score (nSPS) is 44.8. The van der Waals surface area contributed by atoms with E-state index in [1.54, 1.807) is 0 Å². The Hall–Kier alpha value is -0.220. The van der Waals surface area contributed by atoms with Gasteiger partial charge in [-0.15, -0.1) is 0 Å². The molecule has 0 spiro atoms. The lowest BCUT2D eigenvalue weighted by atomic mass is 9.99. The van der Waals surface area contributed by atoms with Gasteiger partial charge in [-0.1, -0.05) is 0 Å². The summed E-state index contributed by atoms with van der Waals surface area (Å²) in [6, 6.07) is 0. The Kier molecular flexibility index (Phi) is 1.84. The van der Waals surface area contributed by atoms with Gasteiger partial charge in [0, 0.05) is 18.3 Å². The molecule has 2 fully saturated rings. The summed E-state index contributed by atoms with van der Waals surface area (Å²) in [6.07, 6.45) is -0.119. The molecule has 70 valence electrons. The van der Waals surface area contributed by atoms with E-state index in [0.29, 0.717) is 19.6 Å². The molecule has 4 heteroatoms. The van der Waals surface area contributed by atoms with Gasteiger partial charge in [0.05, 0.1) is 19.3 Å². The van der Waals surface area contributed by atoms with Crippen LogP contribution in [0, 0.1) is 11.8 Å². The van der Waals surface area contributed by atoms with Crippen LogP contribution in [0.25, 0.3) is 0 Å². The summed E-state index contributed by atoms with van der Waals surface area (Å²) in [4.78, 5) is 0. The van der Waals surface area contributed by atoms with E-state index in [9.17, 15) is 13.9 Å². The van der Waals surface area contributed by atoms with Crippen molar-refractivity contribution in [1.82, 2.24) is 0 Å². The van der Waals surface area contributed by atoms with Crippen molar-refractivity contribution in [2.24, 2.45) is 11.8 Å². The van der Waals surface area contributed by atoms with Crippen molar-refractivity contribution >= 4 is 0 Å². The van der Waals surface area contributed by atoms with Crippen LogP contribution in [0.3, 0.4) is 0 Å². The predicted octanol–water partition coefficient (Wildman–Crippen LogP) is 1.04. The molecule has 1 aliphatic carbocycles. The molecule has 2 nitrogen and oxygen atoms in total. The topological polar surface area (TPSA) is 29.5 Å². The van der Waals surface area contributed by atoms with Gasteiger partial charge in [-0.25, -0.2) is 8.78 Å².